The average molecular weight is 308 g/mol. The minimum Gasteiger partial charge on any atom is -0.455 e. The normalized spacial score (nSPS) is 11.7. The van der Waals surface area contributed by atoms with Gasteiger partial charge >= 0.3 is 0 Å². The first-order valence-corrected chi connectivity index (χ1v) is 9.10. The number of rotatable bonds is 6. The lowest BCUT2D eigenvalue weighted by Gasteiger charge is -2.06. The zero-order valence-corrected chi connectivity index (χ0v) is 15.0. The molecular formula is C22H28O. The van der Waals surface area contributed by atoms with Gasteiger partial charge in [0.2, 0.25) is 0 Å². The summed E-state index contributed by atoms with van der Waals surface area (Å²) in [6, 6.07) is 9.05. The summed E-state index contributed by atoms with van der Waals surface area (Å²) in [5.41, 5.74) is 7.61. The summed E-state index contributed by atoms with van der Waals surface area (Å²) >= 11 is 0. The summed E-state index contributed by atoms with van der Waals surface area (Å²) in [7, 11) is 0. The molecule has 0 unspecified atom stereocenters. The number of aryl methyl sites for hydroxylation is 4. The molecule has 1 heterocycles. The van der Waals surface area contributed by atoms with Crippen LogP contribution in [0, 0.1) is 13.8 Å². The van der Waals surface area contributed by atoms with E-state index in [0.717, 1.165) is 24.0 Å². The third kappa shape index (κ3) is 2.89. The molecule has 0 spiro atoms. The van der Waals surface area contributed by atoms with Crippen molar-refractivity contribution >= 4 is 21.9 Å². The Kier molecular flexibility index (Phi) is 4.75. The molecule has 0 aliphatic carbocycles. The lowest BCUT2D eigenvalue weighted by molar-refractivity contribution is 0.653. The number of benzene rings is 2. The van der Waals surface area contributed by atoms with Crippen LogP contribution in [0.4, 0.5) is 0 Å². The molecule has 3 rings (SSSR count). The second kappa shape index (κ2) is 6.78. The van der Waals surface area contributed by atoms with E-state index >= 15 is 0 Å². The smallest absolute Gasteiger partial charge is 0.138 e. The first-order chi connectivity index (χ1) is 11.2. The molecule has 0 aliphatic heterocycles. The highest BCUT2D eigenvalue weighted by atomic mass is 16.3. The van der Waals surface area contributed by atoms with Crippen LogP contribution in [0.5, 0.6) is 0 Å². The molecule has 23 heavy (non-hydrogen) atoms. The standard InChI is InChI=1S/C22H28O/c1-5-7-8-9-10-18-12-14-20-19-13-11-17(6-2)15(3)21(19)23-22(20)16(18)4/h11-14H,5-10H2,1-4H3. The summed E-state index contributed by atoms with van der Waals surface area (Å²) in [5, 5.41) is 2.52. The van der Waals surface area contributed by atoms with Crippen molar-refractivity contribution < 1.29 is 4.42 Å². The van der Waals surface area contributed by atoms with E-state index in [-0.39, 0.29) is 0 Å². The van der Waals surface area contributed by atoms with Gasteiger partial charge in [-0.3, -0.25) is 0 Å². The highest BCUT2D eigenvalue weighted by Crippen LogP contribution is 2.35. The van der Waals surface area contributed by atoms with Gasteiger partial charge < -0.3 is 4.42 Å². The molecule has 0 radical (unpaired) electrons. The summed E-state index contributed by atoms with van der Waals surface area (Å²) < 4.78 is 6.32. The van der Waals surface area contributed by atoms with Crippen molar-refractivity contribution in [2.75, 3.05) is 0 Å². The van der Waals surface area contributed by atoms with Gasteiger partial charge in [-0.15, -0.1) is 0 Å². The van der Waals surface area contributed by atoms with Gasteiger partial charge in [0.25, 0.3) is 0 Å². The molecule has 0 aliphatic rings. The molecule has 0 saturated carbocycles. The fourth-order valence-corrected chi connectivity index (χ4v) is 3.65. The van der Waals surface area contributed by atoms with Crippen molar-refractivity contribution in [3.63, 3.8) is 0 Å². The lowest BCUT2D eigenvalue weighted by Crippen LogP contribution is -1.90. The van der Waals surface area contributed by atoms with Gasteiger partial charge in [-0.2, -0.15) is 0 Å². The number of unbranched alkanes of at least 4 members (excludes halogenated alkanes) is 3. The van der Waals surface area contributed by atoms with Crippen molar-refractivity contribution in [2.45, 2.75) is 66.2 Å². The van der Waals surface area contributed by atoms with E-state index in [2.05, 4.69) is 52.0 Å². The predicted octanol–water partition coefficient (Wildman–Crippen LogP) is 6.89. The molecule has 1 heteroatoms. The third-order valence-corrected chi connectivity index (χ3v) is 5.21. The van der Waals surface area contributed by atoms with Gasteiger partial charge in [0.1, 0.15) is 11.2 Å². The SMILES string of the molecule is CCCCCCc1ccc2c(oc3c(C)c(CC)ccc32)c1C. The van der Waals surface area contributed by atoms with Gasteiger partial charge in [0.05, 0.1) is 0 Å². The van der Waals surface area contributed by atoms with Crippen LogP contribution >= 0.6 is 0 Å². The summed E-state index contributed by atoms with van der Waals surface area (Å²) in [6.07, 6.45) is 7.45. The minimum absolute atomic E-state index is 1.06. The largest absolute Gasteiger partial charge is 0.455 e. The highest BCUT2D eigenvalue weighted by Gasteiger charge is 2.14. The molecule has 2 aromatic carbocycles. The summed E-state index contributed by atoms with van der Waals surface area (Å²) in [6.45, 7) is 8.87. The van der Waals surface area contributed by atoms with E-state index in [0.29, 0.717) is 0 Å². The Morgan fingerprint density at radius 2 is 1.35 bits per heavy atom. The second-order valence-corrected chi connectivity index (χ2v) is 6.72. The first-order valence-electron chi connectivity index (χ1n) is 9.10. The molecule has 0 amide bonds. The molecule has 0 saturated heterocycles. The van der Waals surface area contributed by atoms with Gasteiger partial charge in [0.15, 0.2) is 0 Å². The van der Waals surface area contributed by atoms with E-state index < -0.39 is 0 Å². The van der Waals surface area contributed by atoms with Crippen molar-refractivity contribution in [1.82, 2.24) is 0 Å². The Morgan fingerprint density at radius 1 is 0.739 bits per heavy atom. The highest BCUT2D eigenvalue weighted by molar-refractivity contribution is 6.07. The van der Waals surface area contributed by atoms with Crippen LogP contribution in [0.15, 0.2) is 28.7 Å². The summed E-state index contributed by atoms with van der Waals surface area (Å²) in [5.74, 6) is 0. The Balaban J connectivity index is 2.03. The van der Waals surface area contributed by atoms with Crippen molar-refractivity contribution in [3.05, 3.63) is 46.5 Å². The Morgan fingerprint density at radius 3 is 1.96 bits per heavy atom. The van der Waals surface area contributed by atoms with E-state index in [1.54, 1.807) is 0 Å². The van der Waals surface area contributed by atoms with Crippen molar-refractivity contribution in [3.8, 4) is 0 Å². The number of hydrogen-bond donors (Lipinski definition) is 0. The van der Waals surface area contributed by atoms with Crippen molar-refractivity contribution in [1.29, 1.82) is 0 Å². The van der Waals surface area contributed by atoms with Crippen LogP contribution < -0.4 is 0 Å². The molecule has 0 bridgehead atoms. The van der Waals surface area contributed by atoms with Crippen LogP contribution in [0.3, 0.4) is 0 Å². The molecular weight excluding hydrogens is 280 g/mol. The fourth-order valence-electron chi connectivity index (χ4n) is 3.65. The Bertz CT molecular complexity index is 823. The monoisotopic (exact) mass is 308 g/mol. The zero-order valence-electron chi connectivity index (χ0n) is 15.0. The Hall–Kier alpha value is -1.76. The quantitative estimate of drug-likeness (QED) is 0.452. The van der Waals surface area contributed by atoms with Gasteiger partial charge in [-0.05, 0) is 55.4 Å². The van der Waals surface area contributed by atoms with Gasteiger partial charge in [0, 0.05) is 10.8 Å². The van der Waals surface area contributed by atoms with E-state index in [1.807, 2.05) is 0 Å². The van der Waals surface area contributed by atoms with Crippen LogP contribution in [0.25, 0.3) is 21.9 Å². The van der Waals surface area contributed by atoms with E-state index in [4.69, 9.17) is 4.42 Å². The zero-order chi connectivity index (χ0) is 16.4. The molecule has 122 valence electrons. The van der Waals surface area contributed by atoms with Crippen LogP contribution in [0.2, 0.25) is 0 Å². The molecule has 0 atom stereocenters. The van der Waals surface area contributed by atoms with Crippen LogP contribution in [-0.2, 0) is 12.8 Å². The third-order valence-electron chi connectivity index (χ3n) is 5.21. The Labute approximate surface area is 139 Å². The van der Waals surface area contributed by atoms with Crippen LogP contribution in [0.1, 0.15) is 61.8 Å². The summed E-state index contributed by atoms with van der Waals surface area (Å²) in [4.78, 5) is 0. The maximum atomic E-state index is 6.32. The molecule has 1 aromatic heterocycles. The second-order valence-electron chi connectivity index (χ2n) is 6.72. The maximum Gasteiger partial charge on any atom is 0.138 e. The molecule has 1 nitrogen and oxygen atoms in total. The number of fused-ring (bicyclic) bond motifs is 3. The fraction of sp³-hybridized carbons (Fsp3) is 0.455. The molecule has 0 fully saturated rings. The molecule has 3 aromatic rings. The molecule has 0 N–H and O–H groups in total. The minimum atomic E-state index is 1.06. The van der Waals surface area contributed by atoms with Gasteiger partial charge in [-0.1, -0.05) is 57.4 Å². The number of furan rings is 1. The average Bonchev–Trinajstić information content (AvgIpc) is 2.94. The number of hydrogen-bond acceptors (Lipinski definition) is 1. The van der Waals surface area contributed by atoms with E-state index in [1.165, 1.54) is 58.7 Å². The predicted molar refractivity (Wildman–Crippen MR) is 100 cm³/mol. The van der Waals surface area contributed by atoms with Crippen LogP contribution in [-0.4, -0.2) is 0 Å². The topological polar surface area (TPSA) is 13.1 Å². The van der Waals surface area contributed by atoms with Crippen molar-refractivity contribution in [2.24, 2.45) is 0 Å². The maximum absolute atomic E-state index is 6.32. The van der Waals surface area contributed by atoms with E-state index in [9.17, 15) is 0 Å². The van der Waals surface area contributed by atoms with Gasteiger partial charge in [-0.25, -0.2) is 0 Å². The lowest BCUT2D eigenvalue weighted by atomic mass is 9.98. The first kappa shape index (κ1) is 16.1.